The molecule has 0 aliphatic carbocycles. The number of unbranched alkanes of at least 4 members (excludes halogenated alkanes) is 2. The quantitative estimate of drug-likeness (QED) is 0.746. The molecule has 0 saturated heterocycles. The molecule has 0 bridgehead atoms. The van der Waals surface area contributed by atoms with Crippen molar-refractivity contribution in [2.75, 3.05) is 13.1 Å². The monoisotopic (exact) mass is 283 g/mol. The summed E-state index contributed by atoms with van der Waals surface area (Å²) in [6.45, 7) is 7.66. The van der Waals surface area contributed by atoms with Crippen LogP contribution >= 0.6 is 11.3 Å². The summed E-state index contributed by atoms with van der Waals surface area (Å²) in [6, 6.07) is 0.212. The van der Waals surface area contributed by atoms with Crippen molar-refractivity contribution in [3.05, 3.63) is 16.1 Å². The molecule has 1 aromatic heterocycles. The summed E-state index contributed by atoms with van der Waals surface area (Å²) in [5.41, 5.74) is 6.07. The molecule has 0 aliphatic heterocycles. The van der Waals surface area contributed by atoms with Crippen molar-refractivity contribution in [2.24, 2.45) is 5.73 Å². The molecule has 2 N–H and O–H groups in total. The number of carbonyl (C=O) groups is 1. The van der Waals surface area contributed by atoms with E-state index >= 15 is 0 Å². The van der Waals surface area contributed by atoms with Crippen molar-refractivity contribution in [1.82, 2.24) is 9.88 Å². The van der Waals surface area contributed by atoms with Gasteiger partial charge in [-0.15, -0.1) is 11.3 Å². The summed E-state index contributed by atoms with van der Waals surface area (Å²) < 4.78 is 0. The second-order valence-corrected chi connectivity index (χ2v) is 5.91. The summed E-state index contributed by atoms with van der Waals surface area (Å²) in [5.74, 6) is 0.0469. The van der Waals surface area contributed by atoms with Crippen molar-refractivity contribution in [1.29, 1.82) is 0 Å². The topological polar surface area (TPSA) is 59.2 Å². The van der Waals surface area contributed by atoms with Crippen LogP contribution in [0.2, 0.25) is 0 Å². The van der Waals surface area contributed by atoms with Crippen LogP contribution in [0.4, 0.5) is 0 Å². The fourth-order valence-electron chi connectivity index (χ4n) is 1.92. The molecule has 0 aromatic carbocycles. The molecule has 0 unspecified atom stereocenters. The molecule has 0 spiro atoms. The minimum Gasteiger partial charge on any atom is -0.335 e. The van der Waals surface area contributed by atoms with Crippen molar-refractivity contribution in [3.63, 3.8) is 0 Å². The Hall–Kier alpha value is -0.940. The Kier molecular flexibility index (Phi) is 7.02. The largest absolute Gasteiger partial charge is 0.335 e. The van der Waals surface area contributed by atoms with Gasteiger partial charge in [-0.3, -0.25) is 4.79 Å². The molecular formula is C14H25N3OS. The van der Waals surface area contributed by atoms with E-state index in [9.17, 15) is 4.79 Å². The van der Waals surface area contributed by atoms with Gasteiger partial charge in [0.05, 0.1) is 5.01 Å². The van der Waals surface area contributed by atoms with Gasteiger partial charge in [-0.2, -0.15) is 0 Å². The number of nitrogens with two attached hydrogens (primary N) is 1. The van der Waals surface area contributed by atoms with Gasteiger partial charge in [0, 0.05) is 24.4 Å². The van der Waals surface area contributed by atoms with E-state index in [-0.39, 0.29) is 11.9 Å². The van der Waals surface area contributed by atoms with Gasteiger partial charge >= 0.3 is 0 Å². The van der Waals surface area contributed by atoms with E-state index in [1.165, 1.54) is 11.3 Å². The molecule has 0 aliphatic rings. The van der Waals surface area contributed by atoms with Gasteiger partial charge in [0.25, 0.3) is 5.91 Å². The zero-order valence-corrected chi connectivity index (χ0v) is 13.0. The number of aromatic nitrogens is 1. The second kappa shape index (κ2) is 8.27. The molecule has 1 rings (SSSR count). The van der Waals surface area contributed by atoms with Crippen LogP contribution in [0.3, 0.4) is 0 Å². The maximum absolute atomic E-state index is 12.4. The fourth-order valence-corrected chi connectivity index (χ4v) is 2.71. The smallest absolute Gasteiger partial charge is 0.273 e. The highest BCUT2D eigenvalue weighted by atomic mass is 32.1. The molecule has 5 heteroatoms. The Bertz CT molecular complexity index is 390. The fraction of sp³-hybridized carbons (Fsp3) is 0.714. The van der Waals surface area contributed by atoms with Crippen molar-refractivity contribution >= 4 is 17.2 Å². The molecule has 4 nitrogen and oxygen atoms in total. The van der Waals surface area contributed by atoms with Crippen LogP contribution < -0.4 is 5.73 Å². The number of nitrogens with zero attached hydrogens (tertiary/aromatic N) is 2. The minimum absolute atomic E-state index is 0.0469. The molecule has 0 atom stereocenters. The van der Waals surface area contributed by atoms with Crippen LogP contribution in [0.25, 0.3) is 0 Å². The first-order valence-electron chi connectivity index (χ1n) is 7.05. The van der Waals surface area contributed by atoms with Crippen LogP contribution in [0.5, 0.6) is 0 Å². The van der Waals surface area contributed by atoms with Gasteiger partial charge in [0.15, 0.2) is 0 Å². The third-order valence-corrected chi connectivity index (χ3v) is 3.92. The second-order valence-electron chi connectivity index (χ2n) is 4.96. The van der Waals surface area contributed by atoms with Gasteiger partial charge in [-0.05, 0) is 26.8 Å². The Morgan fingerprint density at radius 1 is 1.47 bits per heavy atom. The number of carbonyl (C=O) groups excluding carboxylic acids is 1. The average Bonchev–Trinajstić information content (AvgIpc) is 2.82. The standard InChI is InChI=1S/C14H25N3OS/c1-4-5-6-9-17(11(2)3)14(18)12-10-19-13(16-12)7-8-15/h10-11H,4-9,15H2,1-3H3. The van der Waals surface area contributed by atoms with E-state index in [1.807, 2.05) is 10.3 Å². The summed E-state index contributed by atoms with van der Waals surface area (Å²) in [6.07, 6.45) is 4.12. The zero-order chi connectivity index (χ0) is 14.3. The highest BCUT2D eigenvalue weighted by Gasteiger charge is 2.20. The maximum atomic E-state index is 12.4. The van der Waals surface area contributed by atoms with Crippen molar-refractivity contribution < 1.29 is 4.79 Å². The molecule has 1 aromatic rings. The minimum atomic E-state index is 0.0469. The Balaban J connectivity index is 2.68. The molecule has 19 heavy (non-hydrogen) atoms. The van der Waals surface area contributed by atoms with Crippen molar-refractivity contribution in [3.8, 4) is 0 Å². The SMILES string of the molecule is CCCCCN(C(=O)c1csc(CCN)n1)C(C)C. The number of thiazole rings is 1. The van der Waals surface area contributed by atoms with Crippen LogP contribution in [0.15, 0.2) is 5.38 Å². The molecule has 1 heterocycles. The van der Waals surface area contributed by atoms with Gasteiger partial charge in [0.2, 0.25) is 0 Å². The summed E-state index contributed by atoms with van der Waals surface area (Å²) in [5, 5.41) is 2.80. The molecule has 1 amide bonds. The van der Waals surface area contributed by atoms with Gasteiger partial charge in [-0.1, -0.05) is 19.8 Å². The van der Waals surface area contributed by atoms with Crippen LogP contribution in [-0.4, -0.2) is 34.9 Å². The third kappa shape index (κ3) is 4.91. The molecular weight excluding hydrogens is 258 g/mol. The van der Waals surface area contributed by atoms with Crippen LogP contribution in [-0.2, 0) is 6.42 Å². The van der Waals surface area contributed by atoms with Gasteiger partial charge in [0.1, 0.15) is 5.69 Å². The Morgan fingerprint density at radius 2 is 2.21 bits per heavy atom. The van der Waals surface area contributed by atoms with E-state index < -0.39 is 0 Å². The lowest BCUT2D eigenvalue weighted by atomic mass is 10.2. The Labute approximate surface area is 120 Å². The van der Waals surface area contributed by atoms with E-state index in [0.717, 1.165) is 37.2 Å². The highest BCUT2D eigenvalue weighted by Crippen LogP contribution is 2.14. The third-order valence-electron chi connectivity index (χ3n) is 3.02. The predicted octanol–water partition coefficient (Wildman–Crippen LogP) is 2.69. The van der Waals surface area contributed by atoms with Crippen molar-refractivity contribution in [2.45, 2.75) is 52.5 Å². The van der Waals surface area contributed by atoms with Crippen LogP contribution in [0, 0.1) is 0 Å². The first kappa shape index (κ1) is 16.1. The average molecular weight is 283 g/mol. The summed E-state index contributed by atoms with van der Waals surface area (Å²) >= 11 is 1.52. The van der Waals surface area contributed by atoms with E-state index in [2.05, 4.69) is 25.8 Å². The number of hydrogen-bond donors (Lipinski definition) is 1. The van der Waals surface area contributed by atoms with E-state index in [4.69, 9.17) is 5.73 Å². The summed E-state index contributed by atoms with van der Waals surface area (Å²) in [4.78, 5) is 18.7. The first-order valence-corrected chi connectivity index (χ1v) is 7.93. The van der Waals surface area contributed by atoms with Gasteiger partial charge < -0.3 is 10.6 Å². The normalized spacial score (nSPS) is 11.0. The van der Waals surface area contributed by atoms with Crippen LogP contribution in [0.1, 0.15) is 55.5 Å². The van der Waals surface area contributed by atoms with E-state index in [0.29, 0.717) is 12.2 Å². The lowest BCUT2D eigenvalue weighted by Crippen LogP contribution is -2.38. The highest BCUT2D eigenvalue weighted by molar-refractivity contribution is 7.09. The number of rotatable bonds is 8. The number of amides is 1. The molecule has 0 radical (unpaired) electrons. The molecule has 0 saturated carbocycles. The molecule has 108 valence electrons. The maximum Gasteiger partial charge on any atom is 0.273 e. The lowest BCUT2D eigenvalue weighted by Gasteiger charge is -2.26. The van der Waals surface area contributed by atoms with Gasteiger partial charge in [-0.25, -0.2) is 4.98 Å². The lowest BCUT2D eigenvalue weighted by molar-refractivity contribution is 0.0697. The Morgan fingerprint density at radius 3 is 2.79 bits per heavy atom. The summed E-state index contributed by atoms with van der Waals surface area (Å²) in [7, 11) is 0. The zero-order valence-electron chi connectivity index (χ0n) is 12.2. The predicted molar refractivity (Wildman–Crippen MR) is 80.6 cm³/mol. The first-order chi connectivity index (χ1) is 9.10. The molecule has 0 fully saturated rings. The number of hydrogen-bond acceptors (Lipinski definition) is 4. The van der Waals surface area contributed by atoms with E-state index in [1.54, 1.807) is 0 Å².